The Morgan fingerprint density at radius 2 is 2.35 bits per heavy atom. The molecule has 0 saturated carbocycles. The largest absolute Gasteiger partial charge is 0.466 e. The summed E-state index contributed by atoms with van der Waals surface area (Å²) >= 11 is 0. The van der Waals surface area contributed by atoms with E-state index in [4.69, 9.17) is 9.15 Å². The van der Waals surface area contributed by atoms with E-state index in [1.165, 1.54) is 6.42 Å². The Balaban J connectivity index is 2.07. The van der Waals surface area contributed by atoms with Gasteiger partial charge in [0.05, 0.1) is 12.2 Å². The minimum Gasteiger partial charge on any atom is -0.466 e. The van der Waals surface area contributed by atoms with Crippen LogP contribution in [0.5, 0.6) is 0 Å². The number of amides is 1. The maximum absolute atomic E-state index is 12.7. The lowest BCUT2D eigenvalue weighted by molar-refractivity contribution is 0.0677. The fraction of sp³-hybridized carbons (Fsp3) is 0.667. The average molecular weight is 280 g/mol. The Morgan fingerprint density at radius 1 is 1.55 bits per heavy atom. The van der Waals surface area contributed by atoms with E-state index in [0.29, 0.717) is 30.5 Å². The van der Waals surface area contributed by atoms with Crippen LogP contribution in [0, 0.1) is 13.8 Å². The molecule has 0 aliphatic carbocycles. The number of methoxy groups -OCH3 is 1. The number of carbonyl (C=O) groups is 1. The number of carbonyl (C=O) groups excluding carboxylic acids is 1. The van der Waals surface area contributed by atoms with Crippen molar-refractivity contribution in [2.45, 2.75) is 32.7 Å². The summed E-state index contributed by atoms with van der Waals surface area (Å²) in [6.45, 7) is 6.63. The maximum atomic E-state index is 12.7. The van der Waals surface area contributed by atoms with Crippen molar-refractivity contribution in [2.75, 3.05) is 33.4 Å². The second-order valence-corrected chi connectivity index (χ2v) is 5.36. The first kappa shape index (κ1) is 15.1. The van der Waals surface area contributed by atoms with Crippen molar-refractivity contribution in [1.29, 1.82) is 0 Å². The summed E-state index contributed by atoms with van der Waals surface area (Å²) in [6, 6.07) is 2.21. The molecule has 1 saturated heterocycles. The monoisotopic (exact) mass is 280 g/mol. The zero-order valence-electron chi connectivity index (χ0n) is 12.6. The van der Waals surface area contributed by atoms with Crippen LogP contribution in [0.4, 0.5) is 0 Å². The third kappa shape index (κ3) is 3.61. The molecule has 1 amide bonds. The highest BCUT2D eigenvalue weighted by Gasteiger charge is 2.24. The van der Waals surface area contributed by atoms with Gasteiger partial charge < -0.3 is 19.4 Å². The molecule has 1 unspecified atom stereocenters. The van der Waals surface area contributed by atoms with Gasteiger partial charge in [-0.2, -0.15) is 0 Å². The van der Waals surface area contributed by atoms with Crippen molar-refractivity contribution < 1.29 is 13.9 Å². The maximum Gasteiger partial charge on any atom is 0.257 e. The van der Waals surface area contributed by atoms with Crippen LogP contribution in [0.1, 0.15) is 34.7 Å². The summed E-state index contributed by atoms with van der Waals surface area (Å²) in [6.07, 6.45) is 2.31. The van der Waals surface area contributed by atoms with E-state index < -0.39 is 0 Å². The molecule has 5 heteroatoms. The van der Waals surface area contributed by atoms with Crippen LogP contribution in [0.25, 0.3) is 0 Å². The van der Waals surface area contributed by atoms with Crippen LogP contribution in [0.15, 0.2) is 10.5 Å². The molecular formula is C15H24N2O3. The minimum atomic E-state index is 0.0325. The van der Waals surface area contributed by atoms with E-state index >= 15 is 0 Å². The molecule has 1 aliphatic rings. The standard InChI is InChI=1S/C15H24N2O3/c1-11-9-14(12(2)20-11)15(18)17(7-8-19-3)10-13-5-4-6-16-13/h9,13,16H,4-8,10H2,1-3H3. The average Bonchev–Trinajstić information content (AvgIpc) is 3.03. The van der Waals surface area contributed by atoms with Gasteiger partial charge >= 0.3 is 0 Å². The summed E-state index contributed by atoms with van der Waals surface area (Å²) in [5.74, 6) is 1.50. The summed E-state index contributed by atoms with van der Waals surface area (Å²) in [4.78, 5) is 14.5. The first-order valence-corrected chi connectivity index (χ1v) is 7.20. The lowest BCUT2D eigenvalue weighted by Gasteiger charge is -2.25. The third-order valence-electron chi connectivity index (χ3n) is 3.73. The number of hydrogen-bond donors (Lipinski definition) is 1. The van der Waals surface area contributed by atoms with Crippen molar-refractivity contribution >= 4 is 5.91 Å². The van der Waals surface area contributed by atoms with Crippen molar-refractivity contribution in [3.8, 4) is 0 Å². The SMILES string of the molecule is COCCN(CC1CCCN1)C(=O)c1cc(C)oc1C. The molecule has 0 bridgehead atoms. The first-order valence-electron chi connectivity index (χ1n) is 7.20. The van der Waals surface area contributed by atoms with Crippen LogP contribution < -0.4 is 5.32 Å². The molecule has 2 heterocycles. The second kappa shape index (κ2) is 6.90. The summed E-state index contributed by atoms with van der Waals surface area (Å²) in [7, 11) is 1.66. The van der Waals surface area contributed by atoms with E-state index in [1.807, 2.05) is 24.8 Å². The van der Waals surface area contributed by atoms with Gasteiger partial charge in [0, 0.05) is 26.2 Å². The normalized spacial score (nSPS) is 18.4. The van der Waals surface area contributed by atoms with Crippen molar-refractivity contribution in [3.05, 3.63) is 23.2 Å². The van der Waals surface area contributed by atoms with Crippen LogP contribution in [0.3, 0.4) is 0 Å². The van der Waals surface area contributed by atoms with Crippen LogP contribution in [-0.4, -0.2) is 50.2 Å². The Hall–Kier alpha value is -1.33. The van der Waals surface area contributed by atoms with Crippen LogP contribution in [-0.2, 0) is 4.74 Å². The Labute approximate surface area is 120 Å². The summed E-state index contributed by atoms with van der Waals surface area (Å²) in [5.41, 5.74) is 0.664. The Kier molecular flexibility index (Phi) is 5.20. The van der Waals surface area contributed by atoms with E-state index in [0.717, 1.165) is 25.3 Å². The quantitative estimate of drug-likeness (QED) is 0.862. The number of nitrogens with one attached hydrogen (secondary N) is 1. The number of ether oxygens (including phenoxy) is 1. The van der Waals surface area contributed by atoms with Gasteiger partial charge in [-0.15, -0.1) is 0 Å². The Morgan fingerprint density at radius 3 is 2.90 bits per heavy atom. The molecule has 1 aromatic heterocycles. The topological polar surface area (TPSA) is 54.7 Å². The molecule has 0 aromatic carbocycles. The van der Waals surface area contributed by atoms with E-state index in [2.05, 4.69) is 5.32 Å². The van der Waals surface area contributed by atoms with E-state index in [9.17, 15) is 4.79 Å². The molecule has 0 spiro atoms. The number of hydrogen-bond acceptors (Lipinski definition) is 4. The van der Waals surface area contributed by atoms with Crippen molar-refractivity contribution in [1.82, 2.24) is 10.2 Å². The predicted octanol–water partition coefficient (Wildman–Crippen LogP) is 1.74. The van der Waals surface area contributed by atoms with Crippen LogP contribution in [0.2, 0.25) is 0 Å². The molecule has 1 atom stereocenters. The number of nitrogens with zero attached hydrogens (tertiary/aromatic N) is 1. The molecule has 112 valence electrons. The fourth-order valence-electron chi connectivity index (χ4n) is 2.67. The molecule has 1 aliphatic heterocycles. The number of aryl methyl sites for hydroxylation is 2. The van der Waals surface area contributed by atoms with Gasteiger partial charge in [-0.05, 0) is 39.3 Å². The third-order valence-corrected chi connectivity index (χ3v) is 3.73. The molecular weight excluding hydrogens is 256 g/mol. The first-order chi connectivity index (χ1) is 9.61. The van der Waals surface area contributed by atoms with Gasteiger partial charge in [-0.3, -0.25) is 4.79 Å². The second-order valence-electron chi connectivity index (χ2n) is 5.36. The van der Waals surface area contributed by atoms with Gasteiger partial charge in [-0.1, -0.05) is 0 Å². The van der Waals surface area contributed by atoms with Crippen molar-refractivity contribution in [3.63, 3.8) is 0 Å². The summed E-state index contributed by atoms with van der Waals surface area (Å²) in [5, 5.41) is 3.43. The van der Waals surface area contributed by atoms with Gasteiger partial charge in [0.15, 0.2) is 0 Å². The lowest BCUT2D eigenvalue weighted by Crippen LogP contribution is -2.42. The smallest absolute Gasteiger partial charge is 0.257 e. The summed E-state index contributed by atoms with van der Waals surface area (Å²) < 4.78 is 10.6. The zero-order valence-corrected chi connectivity index (χ0v) is 12.6. The minimum absolute atomic E-state index is 0.0325. The highest BCUT2D eigenvalue weighted by molar-refractivity contribution is 5.95. The van der Waals surface area contributed by atoms with Gasteiger partial charge in [0.2, 0.25) is 0 Å². The Bertz CT molecular complexity index is 450. The number of rotatable bonds is 6. The van der Waals surface area contributed by atoms with E-state index in [1.54, 1.807) is 7.11 Å². The van der Waals surface area contributed by atoms with Gasteiger partial charge in [0.1, 0.15) is 11.5 Å². The highest BCUT2D eigenvalue weighted by Crippen LogP contribution is 2.17. The van der Waals surface area contributed by atoms with Crippen molar-refractivity contribution in [2.24, 2.45) is 0 Å². The lowest BCUT2D eigenvalue weighted by atomic mass is 10.1. The molecule has 20 heavy (non-hydrogen) atoms. The molecule has 1 N–H and O–H groups in total. The van der Waals surface area contributed by atoms with Gasteiger partial charge in [0.25, 0.3) is 5.91 Å². The van der Waals surface area contributed by atoms with E-state index in [-0.39, 0.29) is 5.91 Å². The van der Waals surface area contributed by atoms with Crippen LogP contribution >= 0.6 is 0 Å². The molecule has 1 aromatic rings. The predicted molar refractivity (Wildman–Crippen MR) is 77.0 cm³/mol. The molecule has 5 nitrogen and oxygen atoms in total. The highest BCUT2D eigenvalue weighted by atomic mass is 16.5. The number of furan rings is 1. The molecule has 0 radical (unpaired) electrons. The fourth-order valence-corrected chi connectivity index (χ4v) is 2.67. The molecule has 2 rings (SSSR count). The van der Waals surface area contributed by atoms with Gasteiger partial charge in [-0.25, -0.2) is 0 Å². The molecule has 1 fully saturated rings. The zero-order chi connectivity index (χ0) is 14.5.